The number of nitro groups is 1. The van der Waals surface area contributed by atoms with Gasteiger partial charge in [0.05, 0.1) is 4.92 Å². The molecule has 2 rings (SSSR count). The van der Waals surface area contributed by atoms with E-state index < -0.39 is 40.5 Å². The van der Waals surface area contributed by atoms with E-state index in [9.17, 15) is 28.1 Å². The van der Waals surface area contributed by atoms with Gasteiger partial charge < -0.3 is 9.84 Å². The summed E-state index contributed by atoms with van der Waals surface area (Å²) in [5.41, 5.74) is -0.977. The SMILES string of the molecule is O=C(O)Oc1ccc([N+](=O)[O-])cc1C(OC(F)(F)F)c1ccccc1. The van der Waals surface area contributed by atoms with E-state index in [0.29, 0.717) is 0 Å². The van der Waals surface area contributed by atoms with Crippen LogP contribution in [0.2, 0.25) is 0 Å². The van der Waals surface area contributed by atoms with Crippen LogP contribution in [0, 0.1) is 10.1 Å². The molecule has 1 atom stereocenters. The first-order chi connectivity index (χ1) is 11.7. The average Bonchev–Trinajstić information content (AvgIpc) is 2.52. The first-order valence-electron chi connectivity index (χ1n) is 6.66. The Hall–Kier alpha value is -3.14. The highest BCUT2D eigenvalue weighted by Gasteiger charge is 2.37. The molecule has 2 aromatic carbocycles. The maximum absolute atomic E-state index is 12.8. The summed E-state index contributed by atoms with van der Waals surface area (Å²) in [6.45, 7) is 0. The minimum atomic E-state index is -5.08. The fourth-order valence-corrected chi connectivity index (χ4v) is 2.11. The molecule has 1 unspecified atom stereocenters. The minimum Gasteiger partial charge on any atom is -0.449 e. The van der Waals surface area contributed by atoms with Gasteiger partial charge in [0.2, 0.25) is 0 Å². The zero-order valence-electron chi connectivity index (χ0n) is 12.3. The molecule has 25 heavy (non-hydrogen) atoms. The molecule has 0 saturated carbocycles. The lowest BCUT2D eigenvalue weighted by molar-refractivity contribution is -0.385. The van der Waals surface area contributed by atoms with Crippen LogP contribution < -0.4 is 4.74 Å². The second-order valence-corrected chi connectivity index (χ2v) is 4.70. The second-order valence-electron chi connectivity index (χ2n) is 4.70. The fraction of sp³-hybridized carbons (Fsp3) is 0.133. The molecule has 0 fully saturated rings. The number of hydrogen-bond acceptors (Lipinski definition) is 5. The first kappa shape index (κ1) is 18.2. The summed E-state index contributed by atoms with van der Waals surface area (Å²) < 4.78 is 47.0. The van der Waals surface area contributed by atoms with Crippen LogP contribution >= 0.6 is 0 Å². The van der Waals surface area contributed by atoms with Crippen molar-refractivity contribution in [2.24, 2.45) is 0 Å². The summed E-state index contributed by atoms with van der Waals surface area (Å²) in [6, 6.07) is 9.64. The van der Waals surface area contributed by atoms with Crippen molar-refractivity contribution < 1.29 is 37.5 Å². The fourth-order valence-electron chi connectivity index (χ4n) is 2.11. The lowest BCUT2D eigenvalue weighted by Gasteiger charge is -2.21. The third-order valence-electron chi connectivity index (χ3n) is 3.04. The number of non-ortho nitro benzene ring substituents is 1. The first-order valence-corrected chi connectivity index (χ1v) is 6.66. The van der Waals surface area contributed by atoms with Crippen molar-refractivity contribution >= 4 is 11.8 Å². The Balaban J connectivity index is 2.62. The molecule has 0 aliphatic carbocycles. The number of hydrogen-bond donors (Lipinski definition) is 1. The van der Waals surface area contributed by atoms with E-state index in [1.54, 1.807) is 6.07 Å². The van der Waals surface area contributed by atoms with Crippen molar-refractivity contribution in [3.05, 3.63) is 69.8 Å². The van der Waals surface area contributed by atoms with Gasteiger partial charge in [0, 0.05) is 17.7 Å². The lowest BCUT2D eigenvalue weighted by Crippen LogP contribution is -2.20. The van der Waals surface area contributed by atoms with E-state index in [1.807, 2.05) is 0 Å². The number of nitrogens with zero attached hydrogens (tertiary/aromatic N) is 1. The summed E-state index contributed by atoms with van der Waals surface area (Å²) in [7, 11) is 0. The number of ether oxygens (including phenoxy) is 2. The van der Waals surface area contributed by atoms with Crippen molar-refractivity contribution in [1.29, 1.82) is 0 Å². The van der Waals surface area contributed by atoms with Crippen LogP contribution in [0.15, 0.2) is 48.5 Å². The quantitative estimate of drug-likeness (QED) is 0.371. The van der Waals surface area contributed by atoms with Gasteiger partial charge in [-0.15, -0.1) is 13.2 Å². The number of alkyl halides is 3. The summed E-state index contributed by atoms with van der Waals surface area (Å²) in [5.74, 6) is -0.504. The van der Waals surface area contributed by atoms with Crippen LogP contribution in [-0.2, 0) is 4.74 Å². The number of nitro benzene ring substituents is 1. The lowest BCUT2D eigenvalue weighted by atomic mass is 10.00. The summed E-state index contributed by atoms with van der Waals surface area (Å²) in [4.78, 5) is 20.9. The number of carbonyl (C=O) groups is 1. The van der Waals surface area contributed by atoms with Gasteiger partial charge in [-0.2, -0.15) is 0 Å². The smallest absolute Gasteiger partial charge is 0.449 e. The van der Waals surface area contributed by atoms with Gasteiger partial charge in [0.1, 0.15) is 11.9 Å². The number of rotatable bonds is 5. The second kappa shape index (κ2) is 7.18. The Labute approximate surface area is 138 Å². The third kappa shape index (κ3) is 4.91. The Morgan fingerprint density at radius 1 is 1.16 bits per heavy atom. The maximum Gasteiger partial charge on any atom is 0.523 e. The van der Waals surface area contributed by atoms with Crippen molar-refractivity contribution in [1.82, 2.24) is 0 Å². The van der Waals surface area contributed by atoms with E-state index in [1.165, 1.54) is 24.3 Å². The van der Waals surface area contributed by atoms with E-state index >= 15 is 0 Å². The Morgan fingerprint density at radius 2 is 1.80 bits per heavy atom. The van der Waals surface area contributed by atoms with Crippen molar-refractivity contribution in [3.8, 4) is 5.75 Å². The van der Waals surface area contributed by atoms with E-state index in [2.05, 4.69) is 9.47 Å². The average molecular weight is 357 g/mol. The molecule has 0 aliphatic rings. The van der Waals surface area contributed by atoms with Crippen LogP contribution in [0.4, 0.5) is 23.7 Å². The molecule has 0 spiro atoms. The molecule has 1 N–H and O–H groups in total. The molecule has 0 aliphatic heterocycles. The van der Waals surface area contributed by atoms with Crippen molar-refractivity contribution in [2.75, 3.05) is 0 Å². The highest BCUT2D eigenvalue weighted by Crippen LogP contribution is 2.39. The Kier molecular flexibility index (Phi) is 5.22. The van der Waals surface area contributed by atoms with Crippen LogP contribution in [0.25, 0.3) is 0 Å². The maximum atomic E-state index is 12.8. The van der Waals surface area contributed by atoms with Gasteiger partial charge in [-0.1, -0.05) is 30.3 Å². The van der Waals surface area contributed by atoms with Gasteiger partial charge in [0.25, 0.3) is 5.69 Å². The van der Waals surface area contributed by atoms with E-state index in [0.717, 1.165) is 18.2 Å². The van der Waals surface area contributed by atoms with Crippen molar-refractivity contribution in [2.45, 2.75) is 12.5 Å². The molecule has 0 bridgehead atoms. The Bertz CT molecular complexity index is 779. The van der Waals surface area contributed by atoms with Gasteiger partial charge >= 0.3 is 12.5 Å². The summed E-state index contributed by atoms with van der Waals surface area (Å²) in [5, 5.41) is 19.7. The minimum absolute atomic E-state index is 0.00978. The van der Waals surface area contributed by atoms with Crippen LogP contribution in [-0.4, -0.2) is 22.5 Å². The van der Waals surface area contributed by atoms with Gasteiger partial charge in [-0.3, -0.25) is 14.9 Å². The summed E-state index contributed by atoms with van der Waals surface area (Å²) in [6.07, 6.45) is -8.71. The van der Waals surface area contributed by atoms with Crippen LogP contribution in [0.3, 0.4) is 0 Å². The van der Waals surface area contributed by atoms with Crippen LogP contribution in [0.5, 0.6) is 5.75 Å². The highest BCUT2D eigenvalue weighted by atomic mass is 19.4. The standard InChI is InChI=1S/C15H10F3NO6/c16-15(17,18)25-13(9-4-2-1-3-5-9)11-8-10(19(22)23)6-7-12(11)24-14(20)21/h1-8,13H,(H,20,21). The molecule has 2 aromatic rings. The molecule has 0 saturated heterocycles. The van der Waals surface area contributed by atoms with Crippen molar-refractivity contribution in [3.63, 3.8) is 0 Å². The molecule has 10 heteroatoms. The Morgan fingerprint density at radius 3 is 2.32 bits per heavy atom. The third-order valence-corrected chi connectivity index (χ3v) is 3.04. The van der Waals surface area contributed by atoms with Gasteiger partial charge in [-0.05, 0) is 11.6 Å². The topological polar surface area (TPSA) is 98.9 Å². The largest absolute Gasteiger partial charge is 0.523 e. The molecular formula is C15H10F3NO6. The molecule has 7 nitrogen and oxygen atoms in total. The molecule has 0 radical (unpaired) electrons. The van der Waals surface area contributed by atoms with E-state index in [-0.39, 0.29) is 5.56 Å². The van der Waals surface area contributed by atoms with Gasteiger partial charge in [0.15, 0.2) is 0 Å². The molecule has 0 heterocycles. The predicted molar refractivity (Wildman–Crippen MR) is 77.2 cm³/mol. The number of benzene rings is 2. The molecular weight excluding hydrogens is 347 g/mol. The monoisotopic (exact) mass is 357 g/mol. The highest BCUT2D eigenvalue weighted by molar-refractivity contribution is 5.63. The van der Waals surface area contributed by atoms with Crippen LogP contribution in [0.1, 0.15) is 17.2 Å². The molecule has 0 amide bonds. The van der Waals surface area contributed by atoms with E-state index in [4.69, 9.17) is 5.11 Å². The zero-order chi connectivity index (χ0) is 18.6. The predicted octanol–water partition coefficient (Wildman–Crippen LogP) is 4.28. The zero-order valence-corrected chi connectivity index (χ0v) is 12.3. The summed E-state index contributed by atoms with van der Waals surface area (Å²) >= 11 is 0. The van der Waals surface area contributed by atoms with Gasteiger partial charge in [-0.25, -0.2) is 4.79 Å². The number of carboxylic acid groups (broad SMARTS) is 1. The normalized spacial score (nSPS) is 12.4. The molecule has 0 aromatic heterocycles. The molecule has 132 valence electrons. The number of halogens is 3.